The van der Waals surface area contributed by atoms with E-state index in [0.29, 0.717) is 23.8 Å². The van der Waals surface area contributed by atoms with Crippen LogP contribution in [0.2, 0.25) is 0 Å². The van der Waals surface area contributed by atoms with Crippen LogP contribution in [-0.2, 0) is 0 Å². The Labute approximate surface area is 197 Å². The van der Waals surface area contributed by atoms with Gasteiger partial charge in [0.25, 0.3) is 5.91 Å². The Morgan fingerprint density at radius 2 is 1.79 bits per heavy atom. The van der Waals surface area contributed by atoms with Gasteiger partial charge in [0.1, 0.15) is 5.75 Å². The van der Waals surface area contributed by atoms with Crippen molar-refractivity contribution in [1.82, 2.24) is 5.32 Å². The van der Waals surface area contributed by atoms with Crippen molar-refractivity contribution in [1.29, 1.82) is 0 Å². The number of benzene rings is 3. The van der Waals surface area contributed by atoms with E-state index in [1.807, 2.05) is 37.3 Å². The summed E-state index contributed by atoms with van der Waals surface area (Å²) < 4.78 is 6.03. The number of anilines is 1. The minimum absolute atomic E-state index is 0.120. The van der Waals surface area contributed by atoms with Gasteiger partial charge in [0.05, 0.1) is 12.2 Å². The van der Waals surface area contributed by atoms with Crippen LogP contribution in [0.4, 0.5) is 5.69 Å². The lowest BCUT2D eigenvalue weighted by Gasteiger charge is -2.24. The third-order valence-electron chi connectivity index (χ3n) is 6.41. The molecule has 0 aliphatic carbocycles. The van der Waals surface area contributed by atoms with E-state index < -0.39 is 0 Å². The van der Waals surface area contributed by atoms with Gasteiger partial charge in [-0.15, -0.1) is 0 Å². The summed E-state index contributed by atoms with van der Waals surface area (Å²) in [5.41, 5.74) is 5.91. The highest BCUT2D eigenvalue weighted by Crippen LogP contribution is 2.31. The zero-order valence-corrected chi connectivity index (χ0v) is 19.7. The lowest BCUT2D eigenvalue weighted by atomic mass is 9.89. The molecule has 172 valence electrons. The van der Waals surface area contributed by atoms with Crippen molar-refractivity contribution in [3.8, 4) is 16.9 Å². The Hall–Kier alpha value is -3.11. The summed E-state index contributed by atoms with van der Waals surface area (Å²) in [4.78, 5) is 13.5. The van der Waals surface area contributed by atoms with Crippen LogP contribution >= 0.6 is 0 Å². The third-order valence-corrected chi connectivity index (χ3v) is 6.41. The van der Waals surface area contributed by atoms with Crippen LogP contribution in [0, 0.1) is 6.92 Å². The van der Waals surface area contributed by atoms with Crippen molar-refractivity contribution < 1.29 is 9.53 Å². The molecule has 4 heteroatoms. The van der Waals surface area contributed by atoms with Crippen LogP contribution in [0.25, 0.3) is 11.1 Å². The van der Waals surface area contributed by atoms with Gasteiger partial charge in [0.15, 0.2) is 0 Å². The minimum Gasteiger partial charge on any atom is -0.493 e. The van der Waals surface area contributed by atoms with E-state index in [-0.39, 0.29) is 5.91 Å². The molecule has 4 rings (SSSR count). The second kappa shape index (κ2) is 11.2. The molecule has 0 spiro atoms. The van der Waals surface area contributed by atoms with Crippen LogP contribution in [0.15, 0.2) is 66.7 Å². The van der Waals surface area contributed by atoms with Crippen LogP contribution in [0.3, 0.4) is 0 Å². The van der Waals surface area contributed by atoms with Gasteiger partial charge in [-0.1, -0.05) is 61.9 Å². The van der Waals surface area contributed by atoms with Crippen LogP contribution in [0.5, 0.6) is 5.75 Å². The molecule has 1 aliphatic rings. The number of piperidine rings is 1. The Morgan fingerprint density at radius 1 is 1.00 bits per heavy atom. The van der Waals surface area contributed by atoms with Gasteiger partial charge in [-0.25, -0.2) is 0 Å². The Bertz CT molecular complexity index is 1070. The van der Waals surface area contributed by atoms with Gasteiger partial charge in [-0.2, -0.15) is 0 Å². The Balaban J connectivity index is 1.61. The molecule has 0 unspecified atom stereocenters. The minimum atomic E-state index is -0.120. The van der Waals surface area contributed by atoms with Crippen molar-refractivity contribution in [2.45, 2.75) is 45.4 Å². The number of unbranched alkanes of at least 4 members (excludes halogenated alkanes) is 1. The molecule has 1 aliphatic heterocycles. The molecule has 1 fully saturated rings. The summed E-state index contributed by atoms with van der Waals surface area (Å²) >= 11 is 0. The average molecular weight is 443 g/mol. The first-order valence-corrected chi connectivity index (χ1v) is 12.1. The van der Waals surface area contributed by atoms with E-state index in [0.717, 1.165) is 61.2 Å². The fourth-order valence-electron chi connectivity index (χ4n) is 4.34. The number of aryl methyl sites for hydroxylation is 1. The largest absolute Gasteiger partial charge is 0.493 e. The van der Waals surface area contributed by atoms with Crippen LogP contribution < -0.4 is 15.4 Å². The fourth-order valence-corrected chi connectivity index (χ4v) is 4.34. The molecule has 1 heterocycles. The molecular formula is C29H34N2O2. The molecule has 3 aromatic rings. The maximum Gasteiger partial charge on any atom is 0.259 e. The van der Waals surface area contributed by atoms with E-state index in [1.54, 1.807) is 0 Å². The zero-order chi connectivity index (χ0) is 23.0. The smallest absolute Gasteiger partial charge is 0.259 e. The second-order valence-corrected chi connectivity index (χ2v) is 8.83. The molecular weight excluding hydrogens is 408 g/mol. The molecule has 4 nitrogen and oxygen atoms in total. The number of ether oxygens (including phenoxy) is 1. The lowest BCUT2D eigenvalue weighted by molar-refractivity contribution is 0.102. The first-order valence-electron chi connectivity index (χ1n) is 12.1. The van der Waals surface area contributed by atoms with Gasteiger partial charge in [0, 0.05) is 5.69 Å². The Morgan fingerprint density at radius 3 is 2.55 bits per heavy atom. The van der Waals surface area contributed by atoms with Gasteiger partial charge < -0.3 is 15.4 Å². The molecule has 0 saturated carbocycles. The molecule has 0 radical (unpaired) electrons. The number of hydrogen-bond acceptors (Lipinski definition) is 3. The molecule has 0 aromatic heterocycles. The zero-order valence-electron chi connectivity index (χ0n) is 19.7. The van der Waals surface area contributed by atoms with Crippen molar-refractivity contribution in [3.63, 3.8) is 0 Å². The predicted molar refractivity (Wildman–Crippen MR) is 136 cm³/mol. The SMILES string of the molecule is CCCCOc1ccc(C2CCNCC2)cc1C(=O)Nc1cc(-c2ccccc2)ccc1C. The molecule has 33 heavy (non-hydrogen) atoms. The Kier molecular flexibility index (Phi) is 7.79. The van der Waals surface area contributed by atoms with Gasteiger partial charge >= 0.3 is 0 Å². The van der Waals surface area contributed by atoms with E-state index in [1.165, 1.54) is 5.56 Å². The summed E-state index contributed by atoms with van der Waals surface area (Å²) in [6.07, 6.45) is 4.21. The normalized spacial score (nSPS) is 14.1. The summed E-state index contributed by atoms with van der Waals surface area (Å²) in [6, 6.07) is 22.6. The fraction of sp³-hybridized carbons (Fsp3) is 0.345. The first-order chi connectivity index (χ1) is 16.2. The molecule has 1 saturated heterocycles. The van der Waals surface area contributed by atoms with E-state index in [2.05, 4.69) is 54.0 Å². The first kappa shape index (κ1) is 23.1. The maximum atomic E-state index is 13.5. The van der Waals surface area contributed by atoms with E-state index >= 15 is 0 Å². The second-order valence-electron chi connectivity index (χ2n) is 8.83. The summed E-state index contributed by atoms with van der Waals surface area (Å²) in [7, 11) is 0. The standard InChI is InChI=1S/C29H34N2O2/c1-3-4-18-33-28-13-12-24(23-14-16-30-17-15-23)19-26(28)29(32)31-27-20-25(11-10-21(27)2)22-8-6-5-7-9-22/h5-13,19-20,23,30H,3-4,14-18H2,1-2H3,(H,31,32). The van der Waals surface area contributed by atoms with Gasteiger partial charge in [-0.3, -0.25) is 4.79 Å². The number of hydrogen-bond donors (Lipinski definition) is 2. The van der Waals surface area contributed by atoms with E-state index in [4.69, 9.17) is 4.74 Å². The predicted octanol–water partition coefficient (Wildman–Crippen LogP) is 6.56. The van der Waals surface area contributed by atoms with Crippen LogP contribution in [-0.4, -0.2) is 25.6 Å². The topological polar surface area (TPSA) is 50.4 Å². The quantitative estimate of drug-likeness (QED) is 0.388. The molecule has 1 amide bonds. The highest BCUT2D eigenvalue weighted by atomic mass is 16.5. The monoisotopic (exact) mass is 442 g/mol. The highest BCUT2D eigenvalue weighted by molar-refractivity contribution is 6.07. The maximum absolute atomic E-state index is 13.5. The molecule has 3 aromatic carbocycles. The van der Waals surface area contributed by atoms with E-state index in [9.17, 15) is 4.79 Å². The average Bonchev–Trinajstić information content (AvgIpc) is 2.86. The number of carbonyl (C=O) groups excluding carboxylic acids is 1. The van der Waals surface area contributed by atoms with Crippen LogP contribution in [0.1, 0.15) is 60.0 Å². The van der Waals surface area contributed by atoms with Crippen molar-refractivity contribution in [3.05, 3.63) is 83.4 Å². The highest BCUT2D eigenvalue weighted by Gasteiger charge is 2.20. The van der Waals surface area contributed by atoms with Gasteiger partial charge in [-0.05, 0) is 85.6 Å². The summed E-state index contributed by atoms with van der Waals surface area (Å²) in [5.74, 6) is 1.02. The van der Waals surface area contributed by atoms with Crippen molar-refractivity contribution in [2.24, 2.45) is 0 Å². The number of amides is 1. The van der Waals surface area contributed by atoms with Crippen molar-refractivity contribution in [2.75, 3.05) is 25.0 Å². The third kappa shape index (κ3) is 5.82. The molecule has 0 atom stereocenters. The number of rotatable bonds is 8. The summed E-state index contributed by atoms with van der Waals surface area (Å²) in [5, 5.41) is 6.59. The number of nitrogens with one attached hydrogen (secondary N) is 2. The number of carbonyl (C=O) groups is 1. The van der Waals surface area contributed by atoms with Crippen molar-refractivity contribution >= 4 is 11.6 Å². The van der Waals surface area contributed by atoms with Gasteiger partial charge in [0.2, 0.25) is 0 Å². The summed E-state index contributed by atoms with van der Waals surface area (Å²) in [6.45, 7) is 6.82. The molecule has 2 N–H and O–H groups in total. The lowest BCUT2D eigenvalue weighted by Crippen LogP contribution is -2.26. The molecule has 0 bridgehead atoms.